The minimum Gasteiger partial charge on any atom is -0.456 e. The molecule has 0 saturated carbocycles. The van der Waals surface area contributed by atoms with Gasteiger partial charge in [-0.25, -0.2) is 0 Å². The topological polar surface area (TPSA) is 107 Å². The Kier molecular flexibility index (Phi) is 12.9. The van der Waals surface area contributed by atoms with Crippen LogP contribution in [-0.2, 0) is 0 Å². The van der Waals surface area contributed by atoms with Gasteiger partial charge in [-0.3, -0.25) is 0 Å². The number of hydrogen-bond donors (Lipinski definition) is 0. The molecule has 0 bridgehead atoms. The Hall–Kier alpha value is -15.6. The van der Waals surface area contributed by atoms with Crippen molar-refractivity contribution in [2.75, 3.05) is 0 Å². The van der Waals surface area contributed by atoms with Gasteiger partial charge in [-0.2, -0.15) is 0 Å². The molecule has 0 N–H and O–H groups in total. The van der Waals surface area contributed by atoms with Crippen LogP contribution in [0, 0.1) is 0 Å². The Morgan fingerprint density at radius 1 is 0.158 bits per heavy atom. The van der Waals surface area contributed by atoms with Crippen molar-refractivity contribution in [3.8, 4) is 17.1 Å². The molecule has 0 radical (unpaired) electrons. The predicted molar refractivity (Wildman–Crippen MR) is 499 cm³/mol. The number of furan rings is 7. The van der Waals surface area contributed by atoms with Gasteiger partial charge >= 0.3 is 0 Å². The predicted octanol–water partition coefficient (Wildman–Crippen LogP) is 32.4. The lowest BCUT2D eigenvalue weighted by Gasteiger charge is -2.08. The summed E-state index contributed by atoms with van der Waals surface area (Å²) in [6.07, 6.45) is 0. The molecule has 10 nitrogen and oxygen atoms in total. The Morgan fingerprint density at radius 2 is 0.467 bits per heavy atom. The molecule has 12 heteroatoms. The summed E-state index contributed by atoms with van der Waals surface area (Å²) in [4.78, 5) is 0. The van der Waals surface area contributed by atoms with Crippen LogP contribution in [0.15, 0.2) is 377 Å². The zero-order valence-electron chi connectivity index (χ0n) is 63.4. The Labute approximate surface area is 684 Å². The van der Waals surface area contributed by atoms with Gasteiger partial charge in [-0.1, -0.05) is 170 Å². The van der Waals surface area contributed by atoms with Gasteiger partial charge < -0.3 is 44.6 Å². The highest BCUT2D eigenvalue weighted by molar-refractivity contribution is 7.28. The van der Waals surface area contributed by atoms with E-state index in [0.29, 0.717) is 0 Å². The van der Waals surface area contributed by atoms with E-state index < -0.39 is 0 Å². The average molecular weight is 1570 g/mol. The largest absolute Gasteiger partial charge is 0.456 e. The number of para-hydroxylation sites is 8. The molecule has 120 heavy (non-hydrogen) atoms. The van der Waals surface area contributed by atoms with Gasteiger partial charge in [0.25, 0.3) is 0 Å². The first kappa shape index (κ1) is 64.6. The fourth-order valence-corrected chi connectivity index (χ4v) is 22.6. The first-order valence-corrected chi connectivity index (χ1v) is 41.9. The lowest BCUT2D eigenvalue weighted by Crippen LogP contribution is -1.93. The minimum absolute atomic E-state index is 0.840. The number of benzene rings is 18. The molecule has 0 spiro atoms. The second kappa shape index (κ2) is 24.0. The molecule has 0 aliphatic rings. The van der Waals surface area contributed by atoms with Crippen LogP contribution in [0.4, 0.5) is 0 Å². The first-order chi connectivity index (χ1) is 59.5. The highest BCUT2D eigenvalue weighted by Crippen LogP contribution is 2.51. The third-order valence-corrected chi connectivity index (χ3v) is 27.6. The fourth-order valence-electron chi connectivity index (χ4n) is 20.1. The highest BCUT2D eigenvalue weighted by Gasteiger charge is 2.27. The summed E-state index contributed by atoms with van der Waals surface area (Å²) in [5.74, 6) is 0. The van der Waals surface area contributed by atoms with Crippen LogP contribution in [0.1, 0.15) is 0 Å². The van der Waals surface area contributed by atoms with Crippen molar-refractivity contribution in [1.29, 1.82) is 0 Å². The van der Waals surface area contributed by atoms with Crippen molar-refractivity contribution in [3.63, 3.8) is 0 Å². The van der Waals surface area contributed by atoms with E-state index in [9.17, 15) is 0 Å². The maximum Gasteiger partial charge on any atom is 0.147 e. The van der Waals surface area contributed by atoms with E-state index in [0.717, 1.165) is 198 Å². The molecule has 558 valence electrons. The molecule has 0 saturated heterocycles. The van der Waals surface area contributed by atoms with Crippen LogP contribution in [0.3, 0.4) is 0 Å². The molecule has 0 amide bonds. The van der Waals surface area contributed by atoms with Crippen molar-refractivity contribution < 1.29 is 30.9 Å². The fraction of sp³-hybridized carbons (Fsp3) is 0. The van der Waals surface area contributed by atoms with Gasteiger partial charge in [0.1, 0.15) is 78.2 Å². The van der Waals surface area contributed by atoms with Crippen molar-refractivity contribution in [2.45, 2.75) is 0 Å². The molecule has 12 aromatic heterocycles. The summed E-state index contributed by atoms with van der Waals surface area (Å²) in [5.41, 5.74) is 23.0. The van der Waals surface area contributed by atoms with Gasteiger partial charge in [0, 0.05) is 149 Å². The monoisotopic (exact) mass is 1570 g/mol. The summed E-state index contributed by atoms with van der Waals surface area (Å²) in [7, 11) is 0. The van der Waals surface area contributed by atoms with Crippen LogP contribution in [0.25, 0.3) is 276 Å². The van der Waals surface area contributed by atoms with Crippen molar-refractivity contribution >= 4 is 282 Å². The number of fused-ring (bicyclic) bond motifs is 42. The Balaban J connectivity index is 0.0000000931. The maximum atomic E-state index is 6.90. The van der Waals surface area contributed by atoms with E-state index in [-0.39, 0.29) is 0 Å². The second-order valence-electron chi connectivity index (χ2n) is 31.4. The molecular weight excluding hydrogens is 1520 g/mol. The molecule has 0 unspecified atom stereocenters. The molecule has 30 aromatic rings. The SMILES string of the molecule is c1ccc2c(c1)oc1ccc(-n3c4ccccc4c4c5oc6c(ccc7oc8ccccc8c76)c5ccc43)cc12.c1ccc2c(c1)oc1ccc(-n3c4ccccc4c4c5oc6c(ccc7sc8ccccc8c76)c5ccc43)cc12.c1ccc2c(c1)oc1ccc(-n3c4ccccc4c4c5sc6c(ccc7oc8ccccc8c76)c5ccc43)cc12. The van der Waals surface area contributed by atoms with Crippen LogP contribution in [0.5, 0.6) is 0 Å². The van der Waals surface area contributed by atoms with E-state index in [1.54, 1.807) is 0 Å². The van der Waals surface area contributed by atoms with Gasteiger partial charge in [0.05, 0.1) is 49.3 Å². The molecule has 12 heterocycles. The standard InChI is InChI=1S/C36H19NO3.2C36H19NO2S/c1-4-10-27-24(8-1)33-28(37(27)20-13-17-31-26(19-20)21-7-2-5-11-29(21)38-31)16-14-22-23-15-18-32-34(36(23)40-35(22)33)25-9-3-6-12-30(25)39-32;1-4-10-27-24(8-1)33-28(37(27)20-13-17-30-26(19-20)21-7-2-5-11-29(21)38-30)16-14-22-23-15-18-32-34(36(23)39-35(22)33)25-9-3-6-12-31(25)40-32;1-4-10-27-24(8-1)33-28(37(27)20-13-17-31-26(19-20)21-7-2-5-11-29(21)38-31)16-14-22-23-15-18-32-34(36(23)40-35(22)33)25-9-3-6-12-30(25)39-32/h3*1-19H. The third kappa shape index (κ3) is 8.88. The first-order valence-electron chi connectivity index (χ1n) is 40.3. The zero-order valence-corrected chi connectivity index (χ0v) is 65.1. The number of nitrogens with zero attached hydrogens (tertiary/aromatic N) is 3. The van der Waals surface area contributed by atoms with Crippen LogP contribution >= 0.6 is 22.7 Å². The molecule has 0 fully saturated rings. The summed E-state index contributed by atoms with van der Waals surface area (Å²) in [5, 5.41) is 28.0. The van der Waals surface area contributed by atoms with Crippen molar-refractivity contribution in [3.05, 3.63) is 346 Å². The molecule has 0 aliphatic heterocycles. The van der Waals surface area contributed by atoms with Crippen LogP contribution in [-0.4, -0.2) is 13.7 Å². The van der Waals surface area contributed by atoms with E-state index >= 15 is 0 Å². The molecule has 0 aliphatic carbocycles. The highest BCUT2D eigenvalue weighted by atomic mass is 32.1. The number of rotatable bonds is 3. The lowest BCUT2D eigenvalue weighted by molar-refractivity contribution is 0.664. The third-order valence-electron chi connectivity index (χ3n) is 25.2. The molecule has 18 aromatic carbocycles. The van der Waals surface area contributed by atoms with Crippen LogP contribution in [0.2, 0.25) is 0 Å². The zero-order chi connectivity index (χ0) is 77.8. The second-order valence-corrected chi connectivity index (χ2v) is 33.6. The van der Waals surface area contributed by atoms with E-state index in [2.05, 4.69) is 299 Å². The number of thiophene rings is 2. The average Bonchev–Trinajstić information content (AvgIpc) is 1.55. The Bertz CT molecular complexity index is 8870. The number of aromatic nitrogens is 3. The maximum absolute atomic E-state index is 6.90. The summed E-state index contributed by atoms with van der Waals surface area (Å²) in [6, 6.07) is 122. The van der Waals surface area contributed by atoms with Gasteiger partial charge in [0.2, 0.25) is 0 Å². The van der Waals surface area contributed by atoms with E-state index in [1.807, 2.05) is 83.3 Å². The van der Waals surface area contributed by atoms with Crippen LogP contribution < -0.4 is 0 Å². The quantitative estimate of drug-likeness (QED) is 0.173. The summed E-state index contributed by atoms with van der Waals surface area (Å²) >= 11 is 3.71. The lowest BCUT2D eigenvalue weighted by atomic mass is 10.1. The van der Waals surface area contributed by atoms with E-state index in [1.165, 1.54) is 78.3 Å². The van der Waals surface area contributed by atoms with E-state index in [4.69, 9.17) is 30.9 Å². The molecule has 0 atom stereocenters. The number of hydrogen-bond acceptors (Lipinski definition) is 9. The molecular formula is C108H57N3O7S2. The Morgan fingerprint density at radius 3 is 0.950 bits per heavy atom. The summed E-state index contributed by atoms with van der Waals surface area (Å²) in [6.45, 7) is 0. The molecule has 30 rings (SSSR count). The summed E-state index contributed by atoms with van der Waals surface area (Å²) < 4.78 is 56.7. The normalized spacial score (nSPS) is 12.5. The van der Waals surface area contributed by atoms with Gasteiger partial charge in [-0.05, 0) is 176 Å². The van der Waals surface area contributed by atoms with Crippen molar-refractivity contribution in [1.82, 2.24) is 13.7 Å². The van der Waals surface area contributed by atoms with Crippen molar-refractivity contribution in [2.24, 2.45) is 0 Å². The van der Waals surface area contributed by atoms with Gasteiger partial charge in [0.15, 0.2) is 0 Å². The smallest absolute Gasteiger partial charge is 0.147 e. The van der Waals surface area contributed by atoms with Gasteiger partial charge in [-0.15, -0.1) is 22.7 Å². The minimum atomic E-state index is 0.840.